The van der Waals surface area contributed by atoms with Crippen LogP contribution in [0.25, 0.3) is 0 Å². The summed E-state index contributed by atoms with van der Waals surface area (Å²) in [6.45, 7) is -1.69. The molecule has 0 aliphatic heterocycles. The van der Waals surface area contributed by atoms with Gasteiger partial charge in [0.2, 0.25) is 11.6 Å². The van der Waals surface area contributed by atoms with Gasteiger partial charge in [0.15, 0.2) is 12.6 Å². The number of aliphatic hydroxyl groups excluding tert-OH is 10. The minimum atomic E-state index is -2.11. The van der Waals surface area contributed by atoms with Gasteiger partial charge in [-0.2, -0.15) is 0 Å². The number of aliphatic hydroxyl groups is 10. The number of carbonyl (C=O) groups excluding carboxylic acids is 4. The zero-order valence-corrected chi connectivity index (χ0v) is 22.3. The van der Waals surface area contributed by atoms with Crippen LogP contribution in [0.2, 0.25) is 0 Å². The summed E-state index contributed by atoms with van der Waals surface area (Å²) < 4.78 is 16.6. The van der Waals surface area contributed by atoms with Crippen molar-refractivity contribution < 1.29 is 138 Å². The Morgan fingerprint density at radius 3 is 1.00 bits per heavy atom. The van der Waals surface area contributed by atoms with Gasteiger partial charge in [0.1, 0.15) is 48.8 Å². The zero-order chi connectivity index (χ0) is 25.3. The fourth-order valence-electron chi connectivity index (χ4n) is 1.52. The Morgan fingerprint density at radius 1 is 0.636 bits per heavy atom. The first kappa shape index (κ1) is 43.6. The average molecular weight is 526 g/mol. The Bertz CT molecular complexity index is 485. The number of ketones is 2. The SMILES string of the molecule is O=CC(=O)[C@H](O)[C@@H](O)[C@H](O)[C@H](O)CO.O=CC(=O)[C@H](O)[C@@H](O)[C@H](O)[C@H](O)CO.[Na+].[Na+].[O-]S[O-]. The average Bonchev–Trinajstić information content (AvgIpc) is 2.79. The molecule has 33 heavy (non-hydrogen) atoms. The molecule has 0 aliphatic rings. The topological polar surface area (TPSA) is 317 Å². The first-order chi connectivity index (χ1) is 14.3. The second-order valence-corrected chi connectivity index (χ2v) is 5.60. The summed E-state index contributed by atoms with van der Waals surface area (Å²) in [6.07, 6.45) is -15.9. The molecule has 0 bridgehead atoms. The first-order valence-electron chi connectivity index (χ1n) is 7.88. The van der Waals surface area contributed by atoms with E-state index in [2.05, 4.69) is 0 Å². The van der Waals surface area contributed by atoms with E-state index in [0.717, 1.165) is 0 Å². The van der Waals surface area contributed by atoms with Gasteiger partial charge in [-0.05, 0) is 0 Å². The van der Waals surface area contributed by atoms with Crippen molar-refractivity contribution in [2.45, 2.75) is 48.8 Å². The summed E-state index contributed by atoms with van der Waals surface area (Å²) in [4.78, 5) is 40.9. The third kappa shape index (κ3) is 18.5. The molecule has 0 aromatic heterocycles. The summed E-state index contributed by atoms with van der Waals surface area (Å²) in [6, 6.07) is 0. The van der Waals surface area contributed by atoms with Gasteiger partial charge in [-0.25, -0.2) is 0 Å². The molecular formula is C14H24Na2O16S. The molecule has 0 unspecified atom stereocenters. The van der Waals surface area contributed by atoms with Gasteiger partial charge in [0, 0.05) is 0 Å². The van der Waals surface area contributed by atoms with Crippen LogP contribution in [-0.4, -0.2) is 146 Å². The molecule has 10 N–H and O–H groups in total. The molecule has 0 rings (SSSR count). The molecule has 0 heterocycles. The van der Waals surface area contributed by atoms with Crippen LogP contribution in [0.3, 0.4) is 0 Å². The zero-order valence-electron chi connectivity index (χ0n) is 17.5. The number of Topliss-reactive ketones (excluding diaryl/α,β-unsaturated/α-hetero) is 2. The van der Waals surface area contributed by atoms with Crippen LogP contribution < -0.4 is 59.1 Å². The number of aldehydes is 2. The summed E-state index contributed by atoms with van der Waals surface area (Å²) >= 11 is -0.750. The van der Waals surface area contributed by atoms with Crippen LogP contribution in [0.5, 0.6) is 0 Å². The van der Waals surface area contributed by atoms with E-state index >= 15 is 0 Å². The molecule has 184 valence electrons. The van der Waals surface area contributed by atoms with Crippen LogP contribution in [0, 0.1) is 0 Å². The molecule has 8 atom stereocenters. The Labute approximate surface area is 235 Å². The third-order valence-electron chi connectivity index (χ3n) is 3.32. The Kier molecular flexibility index (Phi) is 33.9. The monoisotopic (exact) mass is 526 g/mol. The molecule has 16 nitrogen and oxygen atoms in total. The molecule has 0 fully saturated rings. The van der Waals surface area contributed by atoms with Crippen molar-refractivity contribution in [2.24, 2.45) is 0 Å². The van der Waals surface area contributed by atoms with Gasteiger partial charge in [0.25, 0.3) is 0 Å². The second-order valence-electron chi connectivity index (χ2n) is 5.46. The van der Waals surface area contributed by atoms with E-state index in [1.807, 2.05) is 0 Å². The van der Waals surface area contributed by atoms with E-state index in [4.69, 9.17) is 60.2 Å². The van der Waals surface area contributed by atoms with Crippen molar-refractivity contribution in [3.8, 4) is 0 Å². The third-order valence-corrected chi connectivity index (χ3v) is 3.32. The molecule has 0 spiro atoms. The molecule has 0 aromatic rings. The van der Waals surface area contributed by atoms with Gasteiger partial charge >= 0.3 is 59.1 Å². The number of hydrogen-bond donors (Lipinski definition) is 10. The predicted molar refractivity (Wildman–Crippen MR) is 93.5 cm³/mol. The van der Waals surface area contributed by atoms with Gasteiger partial charge in [-0.1, -0.05) is 0 Å². The Morgan fingerprint density at radius 2 is 0.848 bits per heavy atom. The normalized spacial score (nSPS) is 17.1. The van der Waals surface area contributed by atoms with E-state index < -0.39 is 85.9 Å². The van der Waals surface area contributed by atoms with E-state index in [1.165, 1.54) is 0 Å². The van der Waals surface area contributed by atoms with Crippen LogP contribution in [0.15, 0.2) is 0 Å². The van der Waals surface area contributed by atoms with Gasteiger partial charge in [-0.3, -0.25) is 19.2 Å². The van der Waals surface area contributed by atoms with Gasteiger partial charge in [0.05, 0.1) is 13.2 Å². The maximum atomic E-state index is 10.5. The molecule has 0 amide bonds. The second kappa shape index (κ2) is 25.6. The number of hydrogen-bond acceptors (Lipinski definition) is 17. The smallest absolute Gasteiger partial charge is 0.811 e. The molecular weight excluding hydrogens is 502 g/mol. The summed E-state index contributed by atoms with van der Waals surface area (Å²) in [5, 5.41) is 88.3. The van der Waals surface area contributed by atoms with Crippen molar-refractivity contribution in [3.63, 3.8) is 0 Å². The summed E-state index contributed by atoms with van der Waals surface area (Å²) in [5.41, 5.74) is 0. The maximum Gasteiger partial charge on any atom is 1.00 e. The van der Waals surface area contributed by atoms with Gasteiger partial charge in [-0.15, -0.1) is 0 Å². The standard InChI is InChI=1S/2C7H12O7.2Na.H2O2S/c2*8-1-3(10)5(12)7(14)6(13)4(11)2-9;;;1-3-2/h2*1,4-7,9,11-14H,2H2;;;1-2H/q;;2*+1;/p-2/t2*4-,5+,6-,7-;;;/m11.../s1. The van der Waals surface area contributed by atoms with Crippen LogP contribution in [-0.2, 0) is 19.2 Å². The van der Waals surface area contributed by atoms with Crippen molar-refractivity contribution in [1.82, 2.24) is 0 Å². The molecule has 0 aliphatic carbocycles. The van der Waals surface area contributed by atoms with E-state index in [-0.39, 0.29) is 71.7 Å². The van der Waals surface area contributed by atoms with Crippen LogP contribution in [0.4, 0.5) is 0 Å². The molecule has 0 radical (unpaired) electrons. The van der Waals surface area contributed by atoms with Gasteiger partial charge < -0.3 is 72.5 Å². The Balaban J connectivity index is -0.000000134. The largest absolute Gasteiger partial charge is 1.00 e. The molecule has 19 heteroatoms. The molecule has 0 saturated heterocycles. The first-order valence-corrected chi connectivity index (χ1v) is 8.55. The summed E-state index contributed by atoms with van der Waals surface area (Å²) in [7, 11) is 0. The van der Waals surface area contributed by atoms with Crippen molar-refractivity contribution in [1.29, 1.82) is 0 Å². The minimum Gasteiger partial charge on any atom is -0.811 e. The molecule has 0 aromatic carbocycles. The van der Waals surface area contributed by atoms with Crippen LogP contribution >= 0.6 is 12.3 Å². The number of carbonyl (C=O) groups is 4. The van der Waals surface area contributed by atoms with E-state index in [0.29, 0.717) is 0 Å². The minimum absolute atomic E-state index is 0. The van der Waals surface area contributed by atoms with Crippen molar-refractivity contribution >= 4 is 36.5 Å². The maximum absolute atomic E-state index is 10.5. The van der Waals surface area contributed by atoms with Crippen molar-refractivity contribution in [3.05, 3.63) is 0 Å². The Hall–Kier alpha value is 0.550. The predicted octanol–water partition coefficient (Wildman–Crippen LogP) is -13.6. The van der Waals surface area contributed by atoms with E-state index in [9.17, 15) is 19.2 Å². The van der Waals surface area contributed by atoms with E-state index in [1.54, 1.807) is 0 Å². The fourth-order valence-corrected chi connectivity index (χ4v) is 1.52. The fraction of sp³-hybridized carbons (Fsp3) is 0.714. The molecule has 0 saturated carbocycles. The van der Waals surface area contributed by atoms with Crippen molar-refractivity contribution in [2.75, 3.05) is 13.2 Å². The summed E-state index contributed by atoms with van der Waals surface area (Å²) in [5.74, 6) is -2.64. The number of rotatable bonds is 12. The quantitative estimate of drug-likeness (QED) is 0.0488. The van der Waals surface area contributed by atoms with Crippen LogP contribution in [0.1, 0.15) is 0 Å².